The zero-order chi connectivity index (χ0) is 20.2. The molecule has 9 nitrogen and oxygen atoms in total. The predicted molar refractivity (Wildman–Crippen MR) is 106 cm³/mol. The molecule has 0 fully saturated rings. The van der Waals surface area contributed by atoms with Gasteiger partial charge in [-0.3, -0.25) is 19.7 Å². The average Bonchev–Trinajstić information content (AvgIpc) is 3.18. The van der Waals surface area contributed by atoms with Gasteiger partial charge in [0.05, 0.1) is 24.5 Å². The zero-order valence-electron chi connectivity index (χ0n) is 15.6. The molecule has 2 N–H and O–H groups in total. The van der Waals surface area contributed by atoms with Crippen molar-refractivity contribution in [3.8, 4) is 17.1 Å². The largest absolute Gasteiger partial charge is 0.477 e. The number of H-pyrrole nitrogens is 1. The van der Waals surface area contributed by atoms with Crippen LogP contribution in [0.3, 0.4) is 0 Å². The van der Waals surface area contributed by atoms with Crippen molar-refractivity contribution in [2.75, 3.05) is 6.61 Å². The zero-order valence-corrected chi connectivity index (χ0v) is 15.6. The van der Waals surface area contributed by atoms with Crippen LogP contribution in [-0.4, -0.2) is 37.1 Å². The lowest BCUT2D eigenvalue weighted by molar-refractivity contribution is 0.0945. The summed E-state index contributed by atoms with van der Waals surface area (Å²) in [7, 11) is 0. The maximum Gasteiger partial charge on any atom is 0.272 e. The van der Waals surface area contributed by atoms with Crippen LogP contribution < -0.4 is 15.6 Å². The molecule has 0 aliphatic heterocycles. The topological polar surface area (TPSA) is 114 Å². The number of amides is 1. The minimum absolute atomic E-state index is 0.0957. The van der Waals surface area contributed by atoms with Crippen molar-refractivity contribution in [2.24, 2.45) is 0 Å². The van der Waals surface area contributed by atoms with Crippen LogP contribution in [-0.2, 0) is 6.54 Å². The van der Waals surface area contributed by atoms with E-state index in [-0.39, 0.29) is 23.9 Å². The van der Waals surface area contributed by atoms with E-state index in [1.54, 1.807) is 36.8 Å². The number of rotatable bonds is 6. The van der Waals surface area contributed by atoms with Gasteiger partial charge in [-0.25, -0.2) is 14.5 Å². The first-order chi connectivity index (χ1) is 14.2. The van der Waals surface area contributed by atoms with Gasteiger partial charge in [0.1, 0.15) is 5.56 Å². The van der Waals surface area contributed by atoms with E-state index in [0.717, 1.165) is 11.3 Å². The predicted octanol–water partition coefficient (Wildman–Crippen LogP) is 1.81. The molecule has 0 bridgehead atoms. The first-order valence-electron chi connectivity index (χ1n) is 9.04. The third-order valence-corrected chi connectivity index (χ3v) is 4.20. The fourth-order valence-electron chi connectivity index (χ4n) is 2.88. The van der Waals surface area contributed by atoms with Crippen molar-refractivity contribution in [3.05, 3.63) is 76.6 Å². The first-order valence-corrected chi connectivity index (χ1v) is 9.04. The van der Waals surface area contributed by atoms with E-state index in [2.05, 4.69) is 25.4 Å². The summed E-state index contributed by atoms with van der Waals surface area (Å²) >= 11 is 0. The van der Waals surface area contributed by atoms with E-state index in [1.165, 1.54) is 10.6 Å². The molecule has 9 heteroatoms. The third kappa shape index (κ3) is 3.84. The molecule has 29 heavy (non-hydrogen) atoms. The SMILES string of the molecule is CCOc1ncccc1C(=O)NCc1cc(=O)n2[nH]c(-c3cccnc3)cc2n1. The molecule has 0 aliphatic carbocycles. The quantitative estimate of drug-likeness (QED) is 0.519. The molecule has 4 heterocycles. The second kappa shape index (κ2) is 7.93. The van der Waals surface area contributed by atoms with E-state index < -0.39 is 0 Å². The van der Waals surface area contributed by atoms with Crippen molar-refractivity contribution >= 4 is 11.6 Å². The van der Waals surface area contributed by atoms with Gasteiger partial charge in [0.15, 0.2) is 5.65 Å². The van der Waals surface area contributed by atoms with Gasteiger partial charge in [-0.05, 0) is 31.2 Å². The Balaban J connectivity index is 1.56. The van der Waals surface area contributed by atoms with Gasteiger partial charge in [-0.2, -0.15) is 0 Å². The van der Waals surface area contributed by atoms with Gasteiger partial charge in [0.25, 0.3) is 11.5 Å². The van der Waals surface area contributed by atoms with Gasteiger partial charge in [0.2, 0.25) is 5.88 Å². The number of aromatic nitrogens is 5. The van der Waals surface area contributed by atoms with Crippen molar-refractivity contribution in [2.45, 2.75) is 13.5 Å². The van der Waals surface area contributed by atoms with Crippen molar-refractivity contribution in [1.29, 1.82) is 0 Å². The summed E-state index contributed by atoms with van der Waals surface area (Å²) in [6, 6.07) is 10.1. The minimum atomic E-state index is -0.353. The lowest BCUT2D eigenvalue weighted by Crippen LogP contribution is -2.26. The van der Waals surface area contributed by atoms with Gasteiger partial charge < -0.3 is 10.1 Å². The molecule has 0 spiro atoms. The molecule has 4 rings (SSSR count). The Kier molecular flexibility index (Phi) is 5.02. The fourth-order valence-corrected chi connectivity index (χ4v) is 2.88. The Hall–Kier alpha value is -4.01. The monoisotopic (exact) mass is 390 g/mol. The summed E-state index contributed by atoms with van der Waals surface area (Å²) in [4.78, 5) is 37.5. The van der Waals surface area contributed by atoms with Gasteiger partial charge in [0, 0.05) is 36.3 Å². The highest BCUT2D eigenvalue weighted by Gasteiger charge is 2.14. The number of hydrogen-bond acceptors (Lipinski definition) is 6. The highest BCUT2D eigenvalue weighted by atomic mass is 16.5. The second-order valence-corrected chi connectivity index (χ2v) is 6.16. The van der Waals surface area contributed by atoms with Gasteiger partial charge >= 0.3 is 0 Å². The van der Waals surface area contributed by atoms with Gasteiger partial charge in [-0.1, -0.05) is 0 Å². The number of ether oxygens (including phenoxy) is 1. The van der Waals surface area contributed by atoms with E-state index in [1.807, 2.05) is 19.1 Å². The number of carbonyl (C=O) groups is 1. The molecule has 0 saturated heterocycles. The maximum absolute atomic E-state index is 12.5. The number of nitrogens with one attached hydrogen (secondary N) is 2. The first kappa shape index (κ1) is 18.4. The van der Waals surface area contributed by atoms with Crippen LogP contribution in [0.2, 0.25) is 0 Å². The van der Waals surface area contributed by atoms with Crippen LogP contribution in [0.1, 0.15) is 23.0 Å². The Morgan fingerprint density at radius 1 is 1.24 bits per heavy atom. The Bertz CT molecular complexity index is 1220. The number of nitrogens with zero attached hydrogens (tertiary/aromatic N) is 4. The lowest BCUT2D eigenvalue weighted by Gasteiger charge is -2.09. The Morgan fingerprint density at radius 2 is 2.10 bits per heavy atom. The van der Waals surface area contributed by atoms with Crippen LogP contribution in [0.5, 0.6) is 5.88 Å². The number of hydrogen-bond donors (Lipinski definition) is 2. The second-order valence-electron chi connectivity index (χ2n) is 6.16. The molecule has 0 radical (unpaired) electrons. The molecule has 0 atom stereocenters. The molecular weight excluding hydrogens is 372 g/mol. The van der Waals surface area contributed by atoms with Crippen LogP contribution in [0.4, 0.5) is 0 Å². The standard InChI is InChI=1S/C20H18N6O3/c1-2-29-20-15(6-4-8-22-20)19(28)23-12-14-9-18(27)26-17(24-14)10-16(25-26)13-5-3-7-21-11-13/h3-11,25H,2,12H2,1H3,(H,23,28). The minimum Gasteiger partial charge on any atom is -0.477 e. The van der Waals surface area contributed by atoms with Crippen LogP contribution in [0.15, 0.2) is 59.8 Å². The van der Waals surface area contributed by atoms with Crippen LogP contribution >= 0.6 is 0 Å². The molecule has 0 saturated carbocycles. The van der Waals surface area contributed by atoms with Crippen molar-refractivity contribution in [1.82, 2.24) is 29.9 Å². The number of aromatic amines is 1. The highest BCUT2D eigenvalue weighted by Crippen LogP contribution is 2.17. The Labute approximate surface area is 165 Å². The fraction of sp³-hybridized carbons (Fsp3) is 0.150. The normalized spacial score (nSPS) is 10.8. The van der Waals surface area contributed by atoms with Crippen molar-refractivity contribution in [3.63, 3.8) is 0 Å². The maximum atomic E-state index is 12.5. The van der Waals surface area contributed by atoms with Gasteiger partial charge in [-0.15, -0.1) is 0 Å². The molecule has 0 aliphatic rings. The summed E-state index contributed by atoms with van der Waals surface area (Å²) in [5, 5.41) is 5.76. The molecule has 0 aromatic carbocycles. The third-order valence-electron chi connectivity index (χ3n) is 4.20. The van der Waals surface area contributed by atoms with E-state index >= 15 is 0 Å². The summed E-state index contributed by atoms with van der Waals surface area (Å²) in [6.45, 7) is 2.32. The number of pyridine rings is 2. The lowest BCUT2D eigenvalue weighted by atomic mass is 10.2. The van der Waals surface area contributed by atoms with Crippen LogP contribution in [0, 0.1) is 0 Å². The molecular formula is C20H18N6O3. The van der Waals surface area contributed by atoms with E-state index in [4.69, 9.17) is 4.74 Å². The molecule has 4 aromatic heterocycles. The highest BCUT2D eigenvalue weighted by molar-refractivity contribution is 5.96. The molecule has 146 valence electrons. The summed E-state index contributed by atoms with van der Waals surface area (Å²) in [5.74, 6) is -0.0867. The number of carbonyl (C=O) groups excluding carboxylic acids is 1. The van der Waals surface area contributed by atoms with Crippen molar-refractivity contribution < 1.29 is 9.53 Å². The van der Waals surface area contributed by atoms with E-state index in [0.29, 0.717) is 23.5 Å². The molecule has 0 unspecified atom stereocenters. The summed E-state index contributed by atoms with van der Waals surface area (Å²) in [6.07, 6.45) is 4.93. The smallest absolute Gasteiger partial charge is 0.272 e. The van der Waals surface area contributed by atoms with Crippen LogP contribution in [0.25, 0.3) is 16.9 Å². The molecule has 4 aromatic rings. The summed E-state index contributed by atoms with van der Waals surface area (Å²) in [5.41, 5.74) is 2.52. The Morgan fingerprint density at radius 3 is 2.90 bits per heavy atom. The summed E-state index contributed by atoms with van der Waals surface area (Å²) < 4.78 is 6.73. The molecule has 1 amide bonds. The average molecular weight is 390 g/mol. The van der Waals surface area contributed by atoms with E-state index in [9.17, 15) is 9.59 Å². The number of fused-ring (bicyclic) bond motifs is 1.